The smallest absolute Gasteiger partial charge is 0.256 e. The number of halogens is 1. The molecule has 0 aliphatic carbocycles. The zero-order chi connectivity index (χ0) is 14.3. The lowest BCUT2D eigenvalue weighted by Gasteiger charge is -2.05. The number of aryl methyl sites for hydroxylation is 1. The van der Waals surface area contributed by atoms with Gasteiger partial charge in [0.1, 0.15) is 6.33 Å². The van der Waals surface area contributed by atoms with Crippen molar-refractivity contribution >= 4 is 11.6 Å². The second kappa shape index (κ2) is 4.68. The first kappa shape index (κ1) is 12.7. The lowest BCUT2D eigenvalue weighted by atomic mass is 10.2. The van der Waals surface area contributed by atoms with Crippen LogP contribution in [-0.2, 0) is 0 Å². The molecule has 0 saturated heterocycles. The van der Waals surface area contributed by atoms with Crippen molar-refractivity contribution in [2.45, 2.75) is 20.8 Å². The Kier molecular flexibility index (Phi) is 2.98. The highest BCUT2D eigenvalue weighted by molar-refractivity contribution is 6.28. The van der Waals surface area contributed by atoms with Gasteiger partial charge in [0, 0.05) is 18.1 Å². The van der Waals surface area contributed by atoms with E-state index in [1.165, 1.54) is 0 Å². The van der Waals surface area contributed by atoms with Gasteiger partial charge in [-0.2, -0.15) is 20.1 Å². The van der Waals surface area contributed by atoms with E-state index in [-0.39, 0.29) is 5.28 Å². The van der Waals surface area contributed by atoms with Crippen molar-refractivity contribution in [1.82, 2.24) is 34.3 Å². The molecule has 0 aromatic carbocycles. The molecule has 0 saturated carbocycles. The summed E-state index contributed by atoms with van der Waals surface area (Å²) in [5.74, 6) is 0.796. The summed E-state index contributed by atoms with van der Waals surface area (Å²) in [6, 6.07) is 0. The van der Waals surface area contributed by atoms with Crippen LogP contribution in [0.2, 0.25) is 5.28 Å². The van der Waals surface area contributed by atoms with Gasteiger partial charge in [-0.15, -0.1) is 0 Å². The molecule has 0 fully saturated rings. The van der Waals surface area contributed by atoms with E-state index in [9.17, 15) is 0 Å². The average molecular weight is 290 g/mol. The van der Waals surface area contributed by atoms with E-state index in [1.54, 1.807) is 28.0 Å². The van der Waals surface area contributed by atoms with Gasteiger partial charge >= 0.3 is 0 Å². The Morgan fingerprint density at radius 3 is 2.40 bits per heavy atom. The lowest BCUT2D eigenvalue weighted by Crippen LogP contribution is -2.10. The summed E-state index contributed by atoms with van der Waals surface area (Å²) in [6.07, 6.45) is 4.98. The maximum atomic E-state index is 5.98. The number of imidazole rings is 1. The van der Waals surface area contributed by atoms with Crippen LogP contribution in [0.5, 0.6) is 0 Å². The van der Waals surface area contributed by atoms with Crippen LogP contribution in [0.4, 0.5) is 0 Å². The highest BCUT2D eigenvalue weighted by Gasteiger charge is 2.14. The molecule has 0 unspecified atom stereocenters. The molecule has 0 amide bonds. The molecule has 0 aliphatic rings. The van der Waals surface area contributed by atoms with Crippen molar-refractivity contribution in [3.63, 3.8) is 0 Å². The maximum absolute atomic E-state index is 5.98. The summed E-state index contributed by atoms with van der Waals surface area (Å²) in [7, 11) is 0. The van der Waals surface area contributed by atoms with Crippen LogP contribution in [0.1, 0.15) is 17.0 Å². The summed E-state index contributed by atoms with van der Waals surface area (Å²) in [5, 5.41) is 4.54. The molecule has 102 valence electrons. The summed E-state index contributed by atoms with van der Waals surface area (Å²) in [5.41, 5.74) is 3.01. The second-order valence-electron chi connectivity index (χ2n) is 4.38. The van der Waals surface area contributed by atoms with Crippen molar-refractivity contribution in [2.75, 3.05) is 0 Å². The summed E-state index contributed by atoms with van der Waals surface area (Å²) in [4.78, 5) is 16.6. The first-order chi connectivity index (χ1) is 9.56. The topological polar surface area (TPSA) is 74.3 Å². The zero-order valence-corrected chi connectivity index (χ0v) is 12.0. The largest absolute Gasteiger partial charge is 0.274 e. The molecule has 0 spiro atoms. The zero-order valence-electron chi connectivity index (χ0n) is 11.2. The Hall–Kier alpha value is -2.28. The molecule has 3 aromatic rings. The molecule has 0 aliphatic heterocycles. The molecule has 3 rings (SSSR count). The van der Waals surface area contributed by atoms with E-state index < -0.39 is 0 Å². The van der Waals surface area contributed by atoms with Crippen LogP contribution in [0.3, 0.4) is 0 Å². The number of rotatable bonds is 2. The Bertz CT molecular complexity index is 760. The molecule has 8 heteroatoms. The van der Waals surface area contributed by atoms with Crippen LogP contribution >= 0.6 is 11.6 Å². The van der Waals surface area contributed by atoms with Crippen LogP contribution in [0.25, 0.3) is 11.9 Å². The van der Waals surface area contributed by atoms with Gasteiger partial charge in [0.05, 0.1) is 5.69 Å². The maximum Gasteiger partial charge on any atom is 0.256 e. The third-order valence-electron chi connectivity index (χ3n) is 3.16. The molecule has 0 atom stereocenters. The van der Waals surface area contributed by atoms with Gasteiger partial charge in [-0.25, -0.2) is 9.67 Å². The molecule has 3 heterocycles. The predicted molar refractivity (Wildman–Crippen MR) is 73.3 cm³/mol. The third kappa shape index (κ3) is 2.05. The molecule has 20 heavy (non-hydrogen) atoms. The number of nitrogens with zero attached hydrogens (tertiary/aromatic N) is 7. The highest BCUT2D eigenvalue weighted by Crippen LogP contribution is 2.16. The fourth-order valence-electron chi connectivity index (χ4n) is 1.83. The predicted octanol–water partition coefficient (Wildman–Crippen LogP) is 1.82. The normalized spacial score (nSPS) is 11.0. The van der Waals surface area contributed by atoms with E-state index in [0.717, 1.165) is 17.0 Å². The van der Waals surface area contributed by atoms with Gasteiger partial charge in [0.2, 0.25) is 11.2 Å². The first-order valence-electron chi connectivity index (χ1n) is 5.99. The molecular formula is C12H12ClN7. The molecular weight excluding hydrogens is 278 g/mol. The highest BCUT2D eigenvalue weighted by atomic mass is 35.5. The quantitative estimate of drug-likeness (QED) is 0.719. The fourth-order valence-corrected chi connectivity index (χ4v) is 1.98. The molecule has 0 radical (unpaired) electrons. The Balaban J connectivity index is 2.17. The van der Waals surface area contributed by atoms with Crippen LogP contribution in [-0.4, -0.2) is 34.3 Å². The minimum Gasteiger partial charge on any atom is -0.274 e. The number of hydrogen-bond donors (Lipinski definition) is 0. The van der Waals surface area contributed by atoms with Crippen molar-refractivity contribution in [3.8, 4) is 11.9 Å². The van der Waals surface area contributed by atoms with Gasteiger partial charge < -0.3 is 0 Å². The summed E-state index contributed by atoms with van der Waals surface area (Å²) >= 11 is 5.98. The number of hydrogen-bond acceptors (Lipinski definition) is 5. The van der Waals surface area contributed by atoms with Gasteiger partial charge in [-0.3, -0.25) is 4.57 Å². The van der Waals surface area contributed by atoms with E-state index in [4.69, 9.17) is 11.6 Å². The summed E-state index contributed by atoms with van der Waals surface area (Å²) < 4.78 is 3.33. The Morgan fingerprint density at radius 2 is 1.80 bits per heavy atom. The summed E-state index contributed by atoms with van der Waals surface area (Å²) in [6.45, 7) is 5.91. The minimum absolute atomic E-state index is 0.115. The van der Waals surface area contributed by atoms with E-state index in [1.807, 2.05) is 20.8 Å². The Labute approximate surface area is 120 Å². The molecule has 0 bridgehead atoms. The Morgan fingerprint density at radius 1 is 1.05 bits per heavy atom. The first-order valence-corrected chi connectivity index (χ1v) is 6.37. The van der Waals surface area contributed by atoms with Crippen molar-refractivity contribution < 1.29 is 0 Å². The number of aromatic nitrogens is 7. The van der Waals surface area contributed by atoms with Crippen LogP contribution in [0.15, 0.2) is 18.7 Å². The lowest BCUT2D eigenvalue weighted by molar-refractivity contribution is 0.748. The minimum atomic E-state index is 0.115. The van der Waals surface area contributed by atoms with Gasteiger partial charge in [-0.1, -0.05) is 0 Å². The molecule has 7 nitrogen and oxygen atoms in total. The third-order valence-corrected chi connectivity index (χ3v) is 3.33. The average Bonchev–Trinajstić information content (AvgIpc) is 3.03. The standard InChI is InChI=1S/C12H12ClN7/c1-7-8(2)18-20(9(7)3)12-16-10(13)15-11(17-12)19-5-4-14-6-19/h4-6H,1-3H3. The van der Waals surface area contributed by atoms with Crippen LogP contribution < -0.4 is 0 Å². The van der Waals surface area contributed by atoms with Gasteiger partial charge in [0.15, 0.2) is 0 Å². The SMILES string of the molecule is Cc1nn(-c2nc(Cl)nc(-n3ccnc3)n2)c(C)c1C. The van der Waals surface area contributed by atoms with Gasteiger partial charge in [0.25, 0.3) is 5.95 Å². The van der Waals surface area contributed by atoms with Crippen molar-refractivity contribution in [3.05, 3.63) is 41.0 Å². The molecule has 3 aromatic heterocycles. The van der Waals surface area contributed by atoms with Crippen molar-refractivity contribution in [2.24, 2.45) is 0 Å². The second-order valence-corrected chi connectivity index (χ2v) is 4.72. The fraction of sp³-hybridized carbons (Fsp3) is 0.250. The van der Waals surface area contributed by atoms with E-state index in [2.05, 4.69) is 25.0 Å². The van der Waals surface area contributed by atoms with E-state index in [0.29, 0.717) is 11.9 Å². The monoisotopic (exact) mass is 289 g/mol. The van der Waals surface area contributed by atoms with Gasteiger partial charge in [-0.05, 0) is 37.9 Å². The van der Waals surface area contributed by atoms with E-state index >= 15 is 0 Å². The molecule has 0 N–H and O–H groups in total. The van der Waals surface area contributed by atoms with Crippen molar-refractivity contribution in [1.29, 1.82) is 0 Å². The van der Waals surface area contributed by atoms with Crippen LogP contribution in [0, 0.1) is 20.8 Å².